The van der Waals surface area contributed by atoms with Crippen LogP contribution < -0.4 is 10.1 Å². The lowest BCUT2D eigenvalue weighted by molar-refractivity contribution is -0.115. The molecule has 20 heavy (non-hydrogen) atoms. The van der Waals surface area contributed by atoms with Gasteiger partial charge in [0.1, 0.15) is 5.75 Å². The molecule has 0 spiro atoms. The van der Waals surface area contributed by atoms with E-state index < -0.39 is 0 Å². The normalized spacial score (nSPS) is 10.1. The second-order valence-corrected chi connectivity index (χ2v) is 5.36. The molecule has 1 amide bonds. The summed E-state index contributed by atoms with van der Waals surface area (Å²) >= 11 is 1.68. The number of carbonyl (C=O) groups is 1. The Balaban J connectivity index is 1.77. The monoisotopic (exact) mass is 287 g/mol. The predicted molar refractivity (Wildman–Crippen MR) is 83.4 cm³/mol. The van der Waals surface area contributed by atoms with E-state index in [9.17, 15) is 4.79 Å². The predicted octanol–water partition coefficient (Wildman–Crippen LogP) is 3.82. The molecule has 0 bridgehead atoms. The average Bonchev–Trinajstić information content (AvgIpc) is 2.48. The molecular weight excluding hydrogens is 270 g/mol. The first-order valence-corrected chi connectivity index (χ1v) is 7.38. The number of hydrogen-bond donors (Lipinski definition) is 1. The average molecular weight is 287 g/mol. The molecule has 0 radical (unpaired) electrons. The van der Waals surface area contributed by atoms with Gasteiger partial charge in [0, 0.05) is 28.8 Å². The van der Waals surface area contributed by atoms with Gasteiger partial charge in [0.05, 0.1) is 7.11 Å². The highest BCUT2D eigenvalue weighted by atomic mass is 32.2. The summed E-state index contributed by atoms with van der Waals surface area (Å²) < 4.78 is 5.12. The lowest BCUT2D eigenvalue weighted by Crippen LogP contribution is -2.12. The molecule has 0 heterocycles. The molecule has 0 aromatic heterocycles. The third-order valence-electron chi connectivity index (χ3n) is 2.69. The van der Waals surface area contributed by atoms with Crippen LogP contribution in [0.15, 0.2) is 59.5 Å². The van der Waals surface area contributed by atoms with Crippen molar-refractivity contribution in [3.63, 3.8) is 0 Å². The number of thioether (sulfide) groups is 1. The number of benzene rings is 2. The molecule has 0 unspecified atom stereocenters. The van der Waals surface area contributed by atoms with Crippen LogP contribution in [0.25, 0.3) is 0 Å². The van der Waals surface area contributed by atoms with Crippen molar-refractivity contribution in [2.75, 3.05) is 18.2 Å². The van der Waals surface area contributed by atoms with E-state index >= 15 is 0 Å². The number of ether oxygens (including phenoxy) is 1. The van der Waals surface area contributed by atoms with Crippen LogP contribution in [-0.2, 0) is 4.79 Å². The highest BCUT2D eigenvalue weighted by molar-refractivity contribution is 7.99. The van der Waals surface area contributed by atoms with Gasteiger partial charge in [-0.1, -0.05) is 24.3 Å². The summed E-state index contributed by atoms with van der Waals surface area (Å²) in [5.41, 5.74) is 0.763. The summed E-state index contributed by atoms with van der Waals surface area (Å²) in [7, 11) is 1.61. The molecule has 0 fully saturated rings. The van der Waals surface area contributed by atoms with Gasteiger partial charge in [-0.05, 0) is 24.3 Å². The Kier molecular flexibility index (Phi) is 5.50. The van der Waals surface area contributed by atoms with Crippen molar-refractivity contribution in [1.82, 2.24) is 0 Å². The molecule has 0 saturated heterocycles. The van der Waals surface area contributed by atoms with Gasteiger partial charge in [0.15, 0.2) is 0 Å². The van der Waals surface area contributed by atoms with Gasteiger partial charge in [0.25, 0.3) is 0 Å². The summed E-state index contributed by atoms with van der Waals surface area (Å²) in [5.74, 6) is 1.52. The molecule has 4 heteroatoms. The summed E-state index contributed by atoms with van der Waals surface area (Å²) in [4.78, 5) is 13.0. The molecule has 0 atom stereocenters. The molecule has 0 aliphatic carbocycles. The first-order chi connectivity index (χ1) is 9.78. The number of rotatable bonds is 6. The Bertz CT molecular complexity index is 557. The first kappa shape index (κ1) is 14.5. The van der Waals surface area contributed by atoms with Crippen molar-refractivity contribution < 1.29 is 9.53 Å². The largest absolute Gasteiger partial charge is 0.497 e. The van der Waals surface area contributed by atoms with E-state index in [4.69, 9.17) is 4.74 Å². The van der Waals surface area contributed by atoms with Gasteiger partial charge in [-0.15, -0.1) is 11.8 Å². The molecule has 1 N–H and O–H groups in total. The van der Waals surface area contributed by atoms with Crippen molar-refractivity contribution in [2.45, 2.75) is 11.3 Å². The minimum absolute atomic E-state index is 0.0154. The Morgan fingerprint density at radius 1 is 1.15 bits per heavy atom. The minimum atomic E-state index is 0.0154. The van der Waals surface area contributed by atoms with E-state index in [-0.39, 0.29) is 5.91 Å². The first-order valence-electron chi connectivity index (χ1n) is 6.39. The lowest BCUT2D eigenvalue weighted by Gasteiger charge is -2.07. The van der Waals surface area contributed by atoms with Gasteiger partial charge in [-0.3, -0.25) is 4.79 Å². The maximum Gasteiger partial charge on any atom is 0.225 e. The van der Waals surface area contributed by atoms with Gasteiger partial charge in [-0.2, -0.15) is 0 Å². The molecular formula is C16H17NO2S. The zero-order valence-corrected chi connectivity index (χ0v) is 12.2. The summed E-state index contributed by atoms with van der Waals surface area (Å²) in [5, 5.41) is 2.87. The molecule has 0 saturated carbocycles. The number of amides is 1. The van der Waals surface area contributed by atoms with Crippen LogP contribution in [0.1, 0.15) is 6.42 Å². The van der Waals surface area contributed by atoms with E-state index in [1.54, 1.807) is 18.9 Å². The Morgan fingerprint density at radius 3 is 2.70 bits per heavy atom. The lowest BCUT2D eigenvalue weighted by atomic mass is 10.3. The van der Waals surface area contributed by atoms with Gasteiger partial charge >= 0.3 is 0 Å². The van der Waals surface area contributed by atoms with E-state index in [1.807, 2.05) is 54.6 Å². The second kappa shape index (κ2) is 7.60. The Labute approximate surface area is 123 Å². The van der Waals surface area contributed by atoms with Gasteiger partial charge in [-0.25, -0.2) is 0 Å². The maximum absolute atomic E-state index is 11.8. The maximum atomic E-state index is 11.8. The van der Waals surface area contributed by atoms with Crippen LogP contribution in [0.4, 0.5) is 5.69 Å². The van der Waals surface area contributed by atoms with Crippen molar-refractivity contribution in [3.05, 3.63) is 54.6 Å². The van der Waals surface area contributed by atoms with E-state index in [2.05, 4.69) is 5.32 Å². The van der Waals surface area contributed by atoms with Crippen LogP contribution in [0.2, 0.25) is 0 Å². The summed E-state index contributed by atoms with van der Waals surface area (Å²) in [6.07, 6.45) is 0.483. The van der Waals surface area contributed by atoms with Gasteiger partial charge in [0.2, 0.25) is 5.91 Å². The van der Waals surface area contributed by atoms with Crippen molar-refractivity contribution in [1.29, 1.82) is 0 Å². The van der Waals surface area contributed by atoms with Crippen LogP contribution in [0.5, 0.6) is 5.75 Å². The number of anilines is 1. The highest BCUT2D eigenvalue weighted by Gasteiger charge is 2.03. The van der Waals surface area contributed by atoms with Gasteiger partial charge < -0.3 is 10.1 Å². The molecule has 2 aromatic carbocycles. The van der Waals surface area contributed by atoms with Crippen LogP contribution in [-0.4, -0.2) is 18.8 Å². The molecule has 0 aliphatic heterocycles. The molecule has 3 nitrogen and oxygen atoms in total. The molecule has 0 aliphatic rings. The standard InChI is InChI=1S/C16H17NO2S/c1-19-14-7-5-6-13(12-14)17-16(18)10-11-20-15-8-3-2-4-9-15/h2-9,12H,10-11H2,1H3,(H,17,18). The minimum Gasteiger partial charge on any atom is -0.497 e. The molecule has 2 rings (SSSR count). The summed E-state index contributed by atoms with van der Waals surface area (Å²) in [6.45, 7) is 0. The molecule has 2 aromatic rings. The van der Waals surface area contributed by atoms with E-state index in [1.165, 1.54) is 4.90 Å². The van der Waals surface area contributed by atoms with Crippen molar-refractivity contribution in [3.8, 4) is 5.75 Å². The fourth-order valence-electron chi connectivity index (χ4n) is 1.70. The van der Waals surface area contributed by atoms with E-state index in [0.717, 1.165) is 17.2 Å². The second-order valence-electron chi connectivity index (χ2n) is 4.19. The Hall–Kier alpha value is -1.94. The number of nitrogens with one attached hydrogen (secondary N) is 1. The van der Waals surface area contributed by atoms with Crippen LogP contribution >= 0.6 is 11.8 Å². The van der Waals surface area contributed by atoms with Crippen LogP contribution in [0.3, 0.4) is 0 Å². The fraction of sp³-hybridized carbons (Fsp3) is 0.188. The topological polar surface area (TPSA) is 38.3 Å². The zero-order chi connectivity index (χ0) is 14.2. The number of hydrogen-bond acceptors (Lipinski definition) is 3. The smallest absolute Gasteiger partial charge is 0.225 e. The number of methoxy groups -OCH3 is 1. The highest BCUT2D eigenvalue weighted by Crippen LogP contribution is 2.19. The summed E-state index contributed by atoms with van der Waals surface area (Å²) in [6, 6.07) is 17.4. The molecule has 104 valence electrons. The Morgan fingerprint density at radius 2 is 1.95 bits per heavy atom. The zero-order valence-electron chi connectivity index (χ0n) is 11.3. The number of carbonyl (C=O) groups excluding carboxylic acids is 1. The fourth-order valence-corrected chi connectivity index (χ4v) is 2.58. The quantitative estimate of drug-likeness (QED) is 0.821. The SMILES string of the molecule is COc1cccc(NC(=O)CCSc2ccccc2)c1. The van der Waals surface area contributed by atoms with E-state index in [0.29, 0.717) is 6.42 Å². The third-order valence-corrected chi connectivity index (χ3v) is 3.71. The third kappa shape index (κ3) is 4.63. The van der Waals surface area contributed by atoms with Crippen molar-refractivity contribution >= 4 is 23.4 Å². The van der Waals surface area contributed by atoms with Crippen molar-refractivity contribution in [2.24, 2.45) is 0 Å². The van der Waals surface area contributed by atoms with Crippen LogP contribution in [0, 0.1) is 0 Å².